The van der Waals surface area contributed by atoms with Crippen molar-refractivity contribution < 1.29 is 37.6 Å². The van der Waals surface area contributed by atoms with E-state index in [1.807, 2.05) is 0 Å². The van der Waals surface area contributed by atoms with Gasteiger partial charge < -0.3 is 9.84 Å². The van der Waals surface area contributed by atoms with E-state index < -0.39 is 37.2 Å². The topological polar surface area (TPSA) is 77.9 Å². The molecule has 26 heavy (non-hydrogen) atoms. The summed E-state index contributed by atoms with van der Waals surface area (Å²) in [5.74, 6) is -1.04. The van der Waals surface area contributed by atoms with Gasteiger partial charge in [-0.1, -0.05) is 24.3 Å². The quantitative estimate of drug-likeness (QED) is 0.568. The van der Waals surface area contributed by atoms with E-state index in [2.05, 4.69) is 9.87 Å². The first-order valence-electron chi connectivity index (χ1n) is 7.61. The van der Waals surface area contributed by atoms with Crippen LogP contribution < -0.4 is 9.62 Å². The van der Waals surface area contributed by atoms with Crippen LogP contribution in [0.25, 0.3) is 0 Å². The number of rotatable bonds is 8. The number of aliphatic hydroxyl groups is 1. The lowest BCUT2D eigenvalue weighted by atomic mass is 10.1. The number of nitrogens with zero attached hydrogens (tertiary/aromatic N) is 1. The zero-order chi connectivity index (χ0) is 19.0. The fourth-order valence-corrected chi connectivity index (χ4v) is 1.91. The van der Waals surface area contributed by atoms with E-state index in [1.54, 1.807) is 30.3 Å². The number of benzene rings is 1. The van der Waals surface area contributed by atoms with Crippen molar-refractivity contribution in [1.82, 2.24) is 4.98 Å². The molecule has 6 nitrogen and oxygen atoms in total. The Hall–Kier alpha value is -2.81. The summed E-state index contributed by atoms with van der Waals surface area (Å²) in [6.45, 7) is 0. The molecule has 0 aliphatic rings. The highest BCUT2D eigenvalue weighted by molar-refractivity contribution is 5.75. The summed E-state index contributed by atoms with van der Waals surface area (Å²) in [7, 11) is 0. The number of hydrogen-bond acceptors (Lipinski definition) is 6. The van der Waals surface area contributed by atoms with Crippen LogP contribution in [0.2, 0.25) is 0 Å². The molecule has 2 unspecified atom stereocenters. The summed E-state index contributed by atoms with van der Waals surface area (Å²) in [6, 6.07) is 12.5. The van der Waals surface area contributed by atoms with Crippen molar-refractivity contribution in [1.29, 1.82) is 0 Å². The van der Waals surface area contributed by atoms with Crippen molar-refractivity contribution in [3.8, 4) is 11.6 Å². The van der Waals surface area contributed by atoms with Crippen molar-refractivity contribution in [3.63, 3.8) is 0 Å². The molecule has 0 aliphatic carbocycles. The highest BCUT2D eigenvalue weighted by Crippen LogP contribution is 2.24. The first kappa shape index (κ1) is 19.5. The summed E-state index contributed by atoms with van der Waals surface area (Å²) in [5.41, 5.74) is 0. The van der Waals surface area contributed by atoms with Crippen LogP contribution in [0.3, 0.4) is 0 Å². The Balaban J connectivity index is 2.04. The van der Waals surface area contributed by atoms with E-state index in [0.29, 0.717) is 0 Å². The standard InChI is InChI=1S/C17H16F3NO5/c18-17(19,20)10-9-13(22)15(24-14-8-4-5-11-21-14)16(23)26-25-12-6-2-1-3-7-12/h1-8,11,13,15,22H,9-10H2. The van der Waals surface area contributed by atoms with Gasteiger partial charge in [0.05, 0.1) is 0 Å². The molecule has 0 amide bonds. The molecule has 0 saturated carbocycles. The van der Waals surface area contributed by atoms with Gasteiger partial charge in [-0.25, -0.2) is 14.7 Å². The third-order valence-corrected chi connectivity index (χ3v) is 3.15. The number of aromatic nitrogens is 1. The van der Waals surface area contributed by atoms with Gasteiger partial charge in [-0.3, -0.25) is 4.89 Å². The highest BCUT2D eigenvalue weighted by atomic mass is 19.4. The Morgan fingerprint density at radius 1 is 1.12 bits per heavy atom. The zero-order valence-corrected chi connectivity index (χ0v) is 13.4. The van der Waals surface area contributed by atoms with Crippen LogP contribution in [-0.4, -0.2) is 34.4 Å². The van der Waals surface area contributed by atoms with Crippen LogP contribution in [0.4, 0.5) is 13.2 Å². The number of halogens is 3. The van der Waals surface area contributed by atoms with Gasteiger partial charge in [0.15, 0.2) is 5.75 Å². The lowest BCUT2D eigenvalue weighted by Crippen LogP contribution is -2.41. The molecule has 0 spiro atoms. The zero-order valence-electron chi connectivity index (χ0n) is 13.4. The number of carbonyl (C=O) groups excluding carboxylic acids is 1. The molecule has 2 aromatic rings. The lowest BCUT2D eigenvalue weighted by molar-refractivity contribution is -0.226. The van der Waals surface area contributed by atoms with Crippen molar-refractivity contribution in [2.75, 3.05) is 0 Å². The largest absolute Gasteiger partial charge is 0.459 e. The Bertz CT molecular complexity index is 682. The minimum absolute atomic E-state index is 0.0554. The number of pyridine rings is 1. The van der Waals surface area contributed by atoms with Gasteiger partial charge in [0.25, 0.3) is 0 Å². The van der Waals surface area contributed by atoms with Crippen LogP contribution >= 0.6 is 0 Å². The minimum Gasteiger partial charge on any atom is -0.459 e. The molecule has 0 fully saturated rings. The summed E-state index contributed by atoms with van der Waals surface area (Å²) in [5, 5.41) is 9.99. The molecule has 0 saturated heterocycles. The first-order chi connectivity index (χ1) is 12.3. The lowest BCUT2D eigenvalue weighted by Gasteiger charge is -2.21. The molecule has 0 bridgehead atoms. The molecule has 140 valence electrons. The van der Waals surface area contributed by atoms with Gasteiger partial charge in [0.2, 0.25) is 12.0 Å². The molecular weight excluding hydrogens is 355 g/mol. The van der Waals surface area contributed by atoms with Gasteiger partial charge in [0.1, 0.15) is 6.10 Å². The minimum atomic E-state index is -4.49. The van der Waals surface area contributed by atoms with Crippen LogP contribution in [0.1, 0.15) is 12.8 Å². The second-order valence-electron chi connectivity index (χ2n) is 5.23. The van der Waals surface area contributed by atoms with E-state index in [4.69, 9.17) is 9.62 Å². The van der Waals surface area contributed by atoms with Gasteiger partial charge in [0, 0.05) is 18.7 Å². The second kappa shape index (κ2) is 9.04. The maximum Gasteiger partial charge on any atom is 0.398 e. The SMILES string of the molecule is O=C(OOc1ccccc1)C(Oc1ccccn1)C(O)CCC(F)(F)F. The number of alkyl halides is 3. The third-order valence-electron chi connectivity index (χ3n) is 3.15. The normalized spacial score (nSPS) is 13.5. The molecule has 1 heterocycles. The van der Waals surface area contributed by atoms with Crippen molar-refractivity contribution in [2.24, 2.45) is 0 Å². The summed E-state index contributed by atoms with van der Waals surface area (Å²) < 4.78 is 42.3. The Labute approximate surface area is 147 Å². The molecule has 0 radical (unpaired) electrons. The maximum absolute atomic E-state index is 12.4. The van der Waals surface area contributed by atoms with E-state index in [9.17, 15) is 23.1 Å². The number of carbonyl (C=O) groups is 1. The predicted octanol–water partition coefficient (Wildman–Crippen LogP) is 3.07. The third kappa shape index (κ3) is 6.60. The number of aliphatic hydroxyl groups excluding tert-OH is 1. The molecule has 2 atom stereocenters. The van der Waals surface area contributed by atoms with Crippen molar-refractivity contribution in [3.05, 3.63) is 54.7 Å². The molecule has 1 N–H and O–H groups in total. The predicted molar refractivity (Wildman–Crippen MR) is 83.1 cm³/mol. The molecule has 2 rings (SSSR count). The Morgan fingerprint density at radius 2 is 1.81 bits per heavy atom. The molecule has 0 aliphatic heterocycles. The maximum atomic E-state index is 12.4. The van der Waals surface area contributed by atoms with E-state index in [0.717, 1.165) is 0 Å². The number of ether oxygens (including phenoxy) is 1. The first-order valence-corrected chi connectivity index (χ1v) is 7.61. The van der Waals surface area contributed by atoms with Gasteiger partial charge >= 0.3 is 12.1 Å². The Kier molecular flexibility index (Phi) is 6.79. The van der Waals surface area contributed by atoms with Crippen molar-refractivity contribution >= 4 is 5.97 Å². The van der Waals surface area contributed by atoms with E-state index >= 15 is 0 Å². The molecule has 9 heteroatoms. The fraction of sp³-hybridized carbons (Fsp3) is 0.294. The number of hydrogen-bond donors (Lipinski definition) is 1. The molecule has 1 aromatic heterocycles. The monoisotopic (exact) mass is 371 g/mol. The van der Waals surface area contributed by atoms with E-state index in [1.165, 1.54) is 24.4 Å². The average molecular weight is 371 g/mol. The van der Waals surface area contributed by atoms with Gasteiger partial charge in [-0.2, -0.15) is 13.2 Å². The van der Waals surface area contributed by atoms with Gasteiger partial charge in [-0.05, 0) is 24.6 Å². The fourth-order valence-electron chi connectivity index (χ4n) is 1.91. The van der Waals surface area contributed by atoms with Crippen LogP contribution in [0.5, 0.6) is 11.6 Å². The van der Waals surface area contributed by atoms with Gasteiger partial charge in [-0.15, -0.1) is 0 Å². The molecular formula is C17H16F3NO5. The van der Waals surface area contributed by atoms with Crippen LogP contribution in [-0.2, 0) is 9.68 Å². The summed E-state index contributed by atoms with van der Waals surface area (Å²) in [4.78, 5) is 25.3. The van der Waals surface area contributed by atoms with E-state index in [-0.39, 0.29) is 11.6 Å². The average Bonchev–Trinajstić information content (AvgIpc) is 2.63. The summed E-state index contributed by atoms with van der Waals surface area (Å²) >= 11 is 0. The second-order valence-corrected chi connectivity index (χ2v) is 5.23. The molecule has 1 aromatic carbocycles. The van der Waals surface area contributed by atoms with Crippen LogP contribution in [0, 0.1) is 0 Å². The number of para-hydroxylation sites is 1. The Morgan fingerprint density at radius 3 is 2.42 bits per heavy atom. The highest BCUT2D eigenvalue weighted by Gasteiger charge is 2.36. The van der Waals surface area contributed by atoms with Crippen molar-refractivity contribution in [2.45, 2.75) is 31.2 Å². The summed E-state index contributed by atoms with van der Waals surface area (Å²) in [6.07, 6.45) is -8.67. The smallest absolute Gasteiger partial charge is 0.398 e. The van der Waals surface area contributed by atoms with Crippen LogP contribution in [0.15, 0.2) is 54.7 Å².